The Kier molecular flexibility index (Phi) is 5.35. The van der Waals surface area contributed by atoms with Crippen LogP contribution >= 0.6 is 0 Å². The number of aryl methyl sites for hydroxylation is 1. The molecule has 2 N–H and O–H groups in total. The van der Waals surface area contributed by atoms with Gasteiger partial charge in [0.25, 0.3) is 0 Å². The summed E-state index contributed by atoms with van der Waals surface area (Å²) >= 11 is 0. The van der Waals surface area contributed by atoms with E-state index in [1.54, 1.807) is 6.92 Å². The zero-order chi connectivity index (χ0) is 21.3. The Morgan fingerprint density at radius 3 is 2.50 bits per heavy atom. The van der Waals surface area contributed by atoms with Gasteiger partial charge in [-0.1, -0.05) is 0 Å². The molecule has 4 rings (SSSR count). The number of nitrogens with one attached hydrogen (secondary N) is 2. The van der Waals surface area contributed by atoms with E-state index in [0.717, 1.165) is 42.6 Å². The Morgan fingerprint density at radius 1 is 1.10 bits per heavy atom. The fraction of sp³-hybridized carbons (Fsp3) is 0.286. The second-order valence-corrected chi connectivity index (χ2v) is 7.52. The first-order valence-corrected chi connectivity index (χ1v) is 9.62. The second kappa shape index (κ2) is 8.10. The number of hydrogen-bond acceptors (Lipinski definition) is 5. The van der Waals surface area contributed by atoms with Gasteiger partial charge in [-0.25, -0.2) is 13.5 Å². The first kappa shape index (κ1) is 19.8. The molecular formula is C21H22F2N6O. The molecule has 0 radical (unpaired) electrons. The van der Waals surface area contributed by atoms with Crippen molar-refractivity contribution in [2.75, 3.05) is 30.3 Å². The number of aromatic nitrogens is 3. The third-order valence-corrected chi connectivity index (χ3v) is 4.93. The van der Waals surface area contributed by atoms with E-state index in [4.69, 9.17) is 0 Å². The molecule has 0 bridgehead atoms. The number of carbonyl (C=O) groups excluding carboxylic acids is 1. The minimum absolute atomic E-state index is 0.112. The van der Waals surface area contributed by atoms with Gasteiger partial charge in [-0.15, -0.1) is 5.10 Å². The maximum atomic E-state index is 13.4. The number of benzene rings is 2. The van der Waals surface area contributed by atoms with Crippen molar-refractivity contribution >= 4 is 23.2 Å². The number of hydrogen-bond donors (Lipinski definition) is 2. The Labute approximate surface area is 172 Å². The maximum Gasteiger partial charge on any atom is 0.246 e. The molecule has 2 aromatic carbocycles. The molecule has 0 atom stereocenters. The lowest BCUT2D eigenvalue weighted by Gasteiger charge is -2.38. The molecule has 156 valence electrons. The number of amides is 1. The molecule has 1 aromatic heterocycles. The quantitative estimate of drug-likeness (QED) is 0.648. The summed E-state index contributed by atoms with van der Waals surface area (Å²) in [5, 5.41) is 10.8. The molecular weight excluding hydrogens is 390 g/mol. The van der Waals surface area contributed by atoms with E-state index in [9.17, 15) is 13.6 Å². The highest BCUT2D eigenvalue weighted by Gasteiger charge is 2.27. The summed E-state index contributed by atoms with van der Waals surface area (Å²) < 4.78 is 28.2. The van der Waals surface area contributed by atoms with Crippen molar-refractivity contribution < 1.29 is 13.6 Å². The highest BCUT2D eigenvalue weighted by molar-refractivity contribution is 5.74. The summed E-state index contributed by atoms with van der Waals surface area (Å²) in [6.45, 7) is 5.91. The highest BCUT2D eigenvalue weighted by atomic mass is 19.1. The van der Waals surface area contributed by atoms with Crippen molar-refractivity contribution in [2.45, 2.75) is 13.8 Å². The van der Waals surface area contributed by atoms with Crippen LogP contribution in [-0.4, -0.2) is 45.2 Å². The summed E-state index contributed by atoms with van der Waals surface area (Å²) in [4.78, 5) is 17.3. The number of anilines is 3. The molecule has 0 aliphatic carbocycles. The van der Waals surface area contributed by atoms with Crippen LogP contribution in [0, 0.1) is 24.5 Å². The van der Waals surface area contributed by atoms with Crippen LogP contribution in [0.2, 0.25) is 0 Å². The monoisotopic (exact) mass is 412 g/mol. The number of nitrogens with zero attached hydrogens (tertiary/aromatic N) is 4. The predicted octanol–water partition coefficient (Wildman–Crippen LogP) is 3.49. The van der Waals surface area contributed by atoms with Gasteiger partial charge in [0.05, 0.1) is 5.69 Å². The minimum atomic E-state index is -0.678. The van der Waals surface area contributed by atoms with Crippen LogP contribution in [0.5, 0.6) is 0 Å². The lowest BCUT2D eigenvalue weighted by atomic mass is 10.00. The van der Waals surface area contributed by atoms with Crippen LogP contribution in [0.1, 0.15) is 12.5 Å². The van der Waals surface area contributed by atoms with Gasteiger partial charge in [0.2, 0.25) is 11.9 Å². The molecule has 1 aliphatic rings. The summed E-state index contributed by atoms with van der Waals surface area (Å²) in [6.07, 6.45) is 1.39. The van der Waals surface area contributed by atoms with Crippen LogP contribution in [0.4, 0.5) is 26.1 Å². The SMILES string of the molecule is CC(=O)N1CC(CNc2cc(C)cc(Nc3ncn(-c4cc(F)cc(F)c4)n3)c2)C1. The van der Waals surface area contributed by atoms with Crippen molar-refractivity contribution in [1.29, 1.82) is 0 Å². The topological polar surface area (TPSA) is 75.1 Å². The van der Waals surface area contributed by atoms with Crippen molar-refractivity contribution in [1.82, 2.24) is 19.7 Å². The third-order valence-electron chi connectivity index (χ3n) is 4.93. The van der Waals surface area contributed by atoms with Gasteiger partial charge in [-0.05, 0) is 42.8 Å². The van der Waals surface area contributed by atoms with Gasteiger partial charge >= 0.3 is 0 Å². The number of rotatable bonds is 6. The average Bonchev–Trinajstić information content (AvgIpc) is 3.07. The van der Waals surface area contributed by atoms with Crippen LogP contribution in [0.15, 0.2) is 42.7 Å². The van der Waals surface area contributed by atoms with E-state index < -0.39 is 11.6 Å². The Hall–Kier alpha value is -3.49. The van der Waals surface area contributed by atoms with Gasteiger partial charge < -0.3 is 15.5 Å². The van der Waals surface area contributed by atoms with E-state index >= 15 is 0 Å². The van der Waals surface area contributed by atoms with Crippen LogP contribution in [0.25, 0.3) is 5.69 Å². The van der Waals surface area contributed by atoms with E-state index in [0.29, 0.717) is 11.9 Å². The smallest absolute Gasteiger partial charge is 0.246 e. The summed E-state index contributed by atoms with van der Waals surface area (Å²) in [7, 11) is 0. The standard InChI is InChI=1S/C21H22F2N6O/c1-13-3-18(24-9-15-10-28(11-15)14(2)30)8-19(4-13)26-21-25-12-29(27-21)20-6-16(22)5-17(23)7-20/h3-8,12,15,24H,9-11H2,1-2H3,(H,26,27). The molecule has 0 unspecified atom stereocenters. The van der Waals surface area contributed by atoms with Crippen molar-refractivity contribution in [2.24, 2.45) is 5.92 Å². The van der Waals surface area contributed by atoms with Gasteiger partial charge in [-0.2, -0.15) is 4.98 Å². The lowest BCUT2D eigenvalue weighted by molar-refractivity contribution is -0.134. The number of carbonyl (C=O) groups is 1. The molecule has 7 nitrogen and oxygen atoms in total. The van der Waals surface area contributed by atoms with Gasteiger partial charge in [0.15, 0.2) is 0 Å². The highest BCUT2D eigenvalue weighted by Crippen LogP contribution is 2.23. The zero-order valence-electron chi connectivity index (χ0n) is 16.7. The molecule has 3 aromatic rings. The second-order valence-electron chi connectivity index (χ2n) is 7.52. The van der Waals surface area contributed by atoms with Crippen molar-refractivity contribution in [3.63, 3.8) is 0 Å². The van der Waals surface area contributed by atoms with E-state index in [1.807, 2.05) is 30.0 Å². The molecule has 0 spiro atoms. The summed E-state index contributed by atoms with van der Waals surface area (Å²) in [5.74, 6) is -0.493. The fourth-order valence-electron chi connectivity index (χ4n) is 3.42. The largest absolute Gasteiger partial charge is 0.385 e. The van der Waals surface area contributed by atoms with E-state index in [-0.39, 0.29) is 11.6 Å². The molecule has 30 heavy (non-hydrogen) atoms. The lowest BCUT2D eigenvalue weighted by Crippen LogP contribution is -2.51. The molecule has 1 saturated heterocycles. The number of halogens is 2. The normalized spacial score (nSPS) is 13.8. The van der Waals surface area contributed by atoms with Crippen LogP contribution in [0.3, 0.4) is 0 Å². The molecule has 1 aliphatic heterocycles. The molecule has 9 heteroatoms. The fourth-order valence-corrected chi connectivity index (χ4v) is 3.42. The summed E-state index contributed by atoms with van der Waals surface area (Å²) in [5.41, 5.74) is 3.04. The first-order chi connectivity index (χ1) is 14.4. The van der Waals surface area contributed by atoms with Crippen LogP contribution < -0.4 is 10.6 Å². The number of likely N-dealkylation sites (tertiary alicyclic amines) is 1. The van der Waals surface area contributed by atoms with Gasteiger partial charge in [0.1, 0.15) is 18.0 Å². The first-order valence-electron chi connectivity index (χ1n) is 9.62. The Balaban J connectivity index is 1.41. The van der Waals surface area contributed by atoms with E-state index in [2.05, 4.69) is 20.7 Å². The van der Waals surface area contributed by atoms with Crippen molar-refractivity contribution in [3.05, 3.63) is 59.9 Å². The maximum absolute atomic E-state index is 13.4. The van der Waals surface area contributed by atoms with Crippen LogP contribution in [-0.2, 0) is 4.79 Å². The Morgan fingerprint density at radius 2 is 1.80 bits per heavy atom. The van der Waals surface area contributed by atoms with Gasteiger partial charge in [-0.3, -0.25) is 4.79 Å². The minimum Gasteiger partial charge on any atom is -0.385 e. The molecule has 1 fully saturated rings. The zero-order valence-corrected chi connectivity index (χ0v) is 16.7. The molecule has 2 heterocycles. The molecule has 0 saturated carbocycles. The third kappa shape index (κ3) is 4.56. The summed E-state index contributed by atoms with van der Waals surface area (Å²) in [6, 6.07) is 9.11. The molecule has 1 amide bonds. The van der Waals surface area contributed by atoms with Crippen molar-refractivity contribution in [3.8, 4) is 5.69 Å². The average molecular weight is 412 g/mol. The van der Waals surface area contributed by atoms with Gasteiger partial charge in [0, 0.05) is 49.9 Å². The predicted molar refractivity (Wildman–Crippen MR) is 110 cm³/mol. The van der Waals surface area contributed by atoms with E-state index in [1.165, 1.54) is 23.1 Å². The Bertz CT molecular complexity index is 1060.